The van der Waals surface area contributed by atoms with Crippen molar-refractivity contribution in [2.75, 3.05) is 0 Å². The SMILES string of the molecule is [C-]#[N+]c1ccc(-c2cccc(-c3cc(-c4ccc(-c5cccnc5)cc4)cc4oc(-c5ccc(-c6ccccc6)cc5)nc34)c2)cc1. The molecule has 0 atom stereocenters. The molecular formula is C43H27N3O. The molecule has 0 fully saturated rings. The van der Waals surface area contributed by atoms with Crippen LogP contribution in [0.3, 0.4) is 0 Å². The summed E-state index contributed by atoms with van der Waals surface area (Å²) in [5.74, 6) is 0.579. The van der Waals surface area contributed by atoms with Crippen molar-refractivity contribution in [3.8, 4) is 67.1 Å². The fraction of sp³-hybridized carbons (Fsp3) is 0. The van der Waals surface area contributed by atoms with Gasteiger partial charge in [0.2, 0.25) is 5.89 Å². The number of rotatable bonds is 6. The van der Waals surface area contributed by atoms with Crippen molar-refractivity contribution >= 4 is 16.8 Å². The Kier molecular flexibility index (Phi) is 7.18. The van der Waals surface area contributed by atoms with E-state index in [1.54, 1.807) is 6.20 Å². The van der Waals surface area contributed by atoms with E-state index in [1.807, 2.05) is 54.7 Å². The van der Waals surface area contributed by atoms with E-state index in [4.69, 9.17) is 16.0 Å². The fourth-order valence-corrected chi connectivity index (χ4v) is 5.96. The first-order valence-electron chi connectivity index (χ1n) is 15.4. The monoisotopic (exact) mass is 601 g/mol. The van der Waals surface area contributed by atoms with E-state index in [2.05, 4.69) is 113 Å². The van der Waals surface area contributed by atoms with Crippen LogP contribution in [-0.4, -0.2) is 9.97 Å². The molecule has 8 rings (SSSR count). The maximum Gasteiger partial charge on any atom is 0.227 e. The number of hydrogen-bond donors (Lipinski definition) is 0. The Balaban J connectivity index is 1.24. The van der Waals surface area contributed by atoms with E-state index in [9.17, 15) is 0 Å². The molecule has 0 N–H and O–H groups in total. The van der Waals surface area contributed by atoms with Crippen LogP contribution in [0, 0.1) is 6.57 Å². The van der Waals surface area contributed by atoms with Crippen LogP contribution >= 0.6 is 0 Å². The second kappa shape index (κ2) is 12.1. The third-order valence-electron chi connectivity index (χ3n) is 8.45. The predicted molar refractivity (Wildman–Crippen MR) is 191 cm³/mol. The molecule has 0 spiro atoms. The van der Waals surface area contributed by atoms with Crippen LogP contribution in [0.1, 0.15) is 0 Å². The molecule has 0 unspecified atom stereocenters. The number of hydrogen-bond acceptors (Lipinski definition) is 3. The summed E-state index contributed by atoms with van der Waals surface area (Å²) in [6, 6.07) is 51.7. The number of pyridine rings is 1. The highest BCUT2D eigenvalue weighted by atomic mass is 16.3. The minimum Gasteiger partial charge on any atom is -0.436 e. The van der Waals surface area contributed by atoms with E-state index >= 15 is 0 Å². The molecule has 0 amide bonds. The molecule has 2 heterocycles. The molecule has 0 radical (unpaired) electrons. The Morgan fingerprint density at radius 3 is 1.74 bits per heavy atom. The number of fused-ring (bicyclic) bond motifs is 1. The summed E-state index contributed by atoms with van der Waals surface area (Å²) in [6.45, 7) is 7.31. The Hall–Kier alpha value is -6.57. The van der Waals surface area contributed by atoms with Gasteiger partial charge in [-0.3, -0.25) is 4.98 Å². The van der Waals surface area contributed by atoms with Gasteiger partial charge in [0.05, 0.1) is 6.57 Å². The number of oxazole rings is 1. The van der Waals surface area contributed by atoms with Gasteiger partial charge in [0.25, 0.3) is 0 Å². The van der Waals surface area contributed by atoms with Gasteiger partial charge in [0.1, 0.15) is 5.52 Å². The van der Waals surface area contributed by atoms with E-state index in [1.165, 1.54) is 5.56 Å². The van der Waals surface area contributed by atoms with E-state index in [0.717, 1.165) is 66.7 Å². The van der Waals surface area contributed by atoms with Crippen molar-refractivity contribution < 1.29 is 4.42 Å². The molecule has 0 saturated heterocycles. The average Bonchev–Trinajstić information content (AvgIpc) is 3.60. The van der Waals surface area contributed by atoms with Crippen LogP contribution in [0.25, 0.3) is 83.0 Å². The molecule has 4 heteroatoms. The maximum atomic E-state index is 7.31. The summed E-state index contributed by atoms with van der Waals surface area (Å²) >= 11 is 0. The third-order valence-corrected chi connectivity index (χ3v) is 8.45. The highest BCUT2D eigenvalue weighted by molar-refractivity contribution is 5.97. The van der Waals surface area contributed by atoms with Gasteiger partial charge in [-0.1, -0.05) is 115 Å². The fourth-order valence-electron chi connectivity index (χ4n) is 5.96. The zero-order valence-electron chi connectivity index (χ0n) is 25.3. The van der Waals surface area contributed by atoms with Crippen molar-refractivity contribution in [3.05, 3.63) is 175 Å². The van der Waals surface area contributed by atoms with Gasteiger partial charge in [-0.05, 0) is 86.5 Å². The summed E-state index contributed by atoms with van der Waals surface area (Å²) in [4.78, 5) is 12.9. The van der Waals surface area contributed by atoms with Crippen LogP contribution in [0.15, 0.2) is 168 Å². The molecule has 0 aliphatic carbocycles. The lowest BCUT2D eigenvalue weighted by molar-refractivity contribution is 0.620. The van der Waals surface area contributed by atoms with Crippen LogP contribution in [0.2, 0.25) is 0 Å². The molecule has 4 nitrogen and oxygen atoms in total. The van der Waals surface area contributed by atoms with Gasteiger partial charge in [0.15, 0.2) is 11.3 Å². The lowest BCUT2D eigenvalue weighted by Crippen LogP contribution is -1.87. The third kappa shape index (κ3) is 5.59. The molecule has 220 valence electrons. The van der Waals surface area contributed by atoms with Crippen molar-refractivity contribution in [1.29, 1.82) is 0 Å². The molecule has 0 saturated carbocycles. The van der Waals surface area contributed by atoms with E-state index in [-0.39, 0.29) is 0 Å². The Bertz CT molecular complexity index is 2370. The highest BCUT2D eigenvalue weighted by Gasteiger charge is 2.17. The first-order valence-corrected chi connectivity index (χ1v) is 15.4. The molecular weight excluding hydrogens is 574 g/mol. The van der Waals surface area contributed by atoms with Crippen molar-refractivity contribution in [1.82, 2.24) is 9.97 Å². The van der Waals surface area contributed by atoms with Crippen LogP contribution in [-0.2, 0) is 0 Å². The average molecular weight is 602 g/mol. The van der Waals surface area contributed by atoms with Gasteiger partial charge in [-0.2, -0.15) is 0 Å². The predicted octanol–water partition coefficient (Wildman–Crippen LogP) is 11.8. The zero-order chi connectivity index (χ0) is 31.6. The van der Waals surface area contributed by atoms with Crippen molar-refractivity contribution in [2.45, 2.75) is 0 Å². The summed E-state index contributed by atoms with van der Waals surface area (Å²) in [5.41, 5.74) is 13.8. The van der Waals surface area contributed by atoms with Gasteiger partial charge in [-0.15, -0.1) is 0 Å². The molecule has 0 aliphatic heterocycles. The topological polar surface area (TPSA) is 43.3 Å². The summed E-state index contributed by atoms with van der Waals surface area (Å²) in [7, 11) is 0. The van der Waals surface area contributed by atoms with Gasteiger partial charge in [-0.25, -0.2) is 9.83 Å². The second-order valence-electron chi connectivity index (χ2n) is 11.4. The van der Waals surface area contributed by atoms with Gasteiger partial charge >= 0.3 is 0 Å². The maximum absolute atomic E-state index is 7.31. The lowest BCUT2D eigenvalue weighted by atomic mass is 9.94. The second-order valence-corrected chi connectivity index (χ2v) is 11.4. The largest absolute Gasteiger partial charge is 0.436 e. The Labute approximate surface area is 273 Å². The number of benzene rings is 6. The molecule has 0 aliphatic rings. The molecule has 47 heavy (non-hydrogen) atoms. The van der Waals surface area contributed by atoms with Crippen molar-refractivity contribution in [2.24, 2.45) is 0 Å². The van der Waals surface area contributed by atoms with Gasteiger partial charge < -0.3 is 4.42 Å². The summed E-state index contributed by atoms with van der Waals surface area (Å²) in [6.07, 6.45) is 3.67. The van der Waals surface area contributed by atoms with Crippen LogP contribution in [0.5, 0.6) is 0 Å². The molecule has 0 bridgehead atoms. The molecule has 8 aromatic rings. The minimum absolute atomic E-state index is 0.579. The smallest absolute Gasteiger partial charge is 0.227 e. The first-order chi connectivity index (χ1) is 23.2. The molecule has 2 aromatic heterocycles. The zero-order valence-corrected chi connectivity index (χ0v) is 25.3. The molecule has 6 aromatic carbocycles. The first kappa shape index (κ1) is 27.9. The van der Waals surface area contributed by atoms with E-state index < -0.39 is 0 Å². The Morgan fingerprint density at radius 1 is 0.468 bits per heavy atom. The number of aromatic nitrogens is 2. The Morgan fingerprint density at radius 2 is 1.04 bits per heavy atom. The highest BCUT2D eigenvalue weighted by Crippen LogP contribution is 2.38. The number of nitrogens with zero attached hydrogens (tertiary/aromatic N) is 3. The van der Waals surface area contributed by atoms with Crippen molar-refractivity contribution in [3.63, 3.8) is 0 Å². The van der Waals surface area contributed by atoms with Crippen LogP contribution < -0.4 is 0 Å². The standard InChI is InChI=1S/C43H27N3O/c1-44-39-22-20-31(21-23-39)35-9-5-10-36(25-35)40-26-38(33-14-12-32(13-15-33)37-11-6-24-45-28-37)27-41-42(40)46-43(47-41)34-18-16-30(17-19-34)29-7-3-2-4-8-29/h2-28H. The lowest BCUT2D eigenvalue weighted by Gasteiger charge is -2.10. The summed E-state index contributed by atoms with van der Waals surface area (Å²) < 4.78 is 6.51. The van der Waals surface area contributed by atoms with E-state index in [0.29, 0.717) is 11.6 Å². The summed E-state index contributed by atoms with van der Waals surface area (Å²) in [5, 5.41) is 0. The normalized spacial score (nSPS) is 11.0. The van der Waals surface area contributed by atoms with Crippen LogP contribution in [0.4, 0.5) is 5.69 Å². The van der Waals surface area contributed by atoms with Gasteiger partial charge in [0, 0.05) is 23.5 Å². The minimum atomic E-state index is 0.579. The quantitative estimate of drug-likeness (QED) is 0.178.